The third-order valence-corrected chi connectivity index (χ3v) is 5.22. The fourth-order valence-corrected chi connectivity index (χ4v) is 3.69. The summed E-state index contributed by atoms with van der Waals surface area (Å²) in [6.45, 7) is 4.62. The van der Waals surface area contributed by atoms with E-state index in [0.29, 0.717) is 12.2 Å². The average molecular weight is 365 g/mol. The smallest absolute Gasteiger partial charge is 0.273 e. The Hall–Kier alpha value is -2.96. The monoisotopic (exact) mass is 365 g/mol. The maximum absolute atomic E-state index is 13.1. The minimum Gasteiger partial charge on any atom is -0.356 e. The number of amides is 1. The van der Waals surface area contributed by atoms with Crippen LogP contribution >= 0.6 is 0 Å². The lowest BCUT2D eigenvalue weighted by Crippen LogP contribution is -2.39. The molecule has 1 aliphatic rings. The van der Waals surface area contributed by atoms with Crippen LogP contribution in [-0.2, 0) is 7.05 Å². The van der Waals surface area contributed by atoms with Crippen LogP contribution in [0.3, 0.4) is 0 Å². The van der Waals surface area contributed by atoms with Crippen molar-refractivity contribution >= 4 is 5.91 Å². The van der Waals surface area contributed by atoms with E-state index >= 15 is 0 Å². The van der Waals surface area contributed by atoms with Gasteiger partial charge in [-0.2, -0.15) is 5.10 Å². The first-order valence-electron chi connectivity index (χ1n) is 9.25. The molecule has 0 radical (unpaired) electrons. The second kappa shape index (κ2) is 6.98. The molecule has 1 saturated heterocycles. The number of likely N-dealkylation sites (tertiary alicyclic amines) is 1. The van der Waals surface area contributed by atoms with Crippen molar-refractivity contribution in [3.05, 3.63) is 53.2 Å². The molecule has 7 heteroatoms. The molecule has 1 atom stereocenters. The van der Waals surface area contributed by atoms with Gasteiger partial charge in [-0.1, -0.05) is 11.2 Å². The van der Waals surface area contributed by atoms with E-state index in [1.54, 1.807) is 16.9 Å². The summed E-state index contributed by atoms with van der Waals surface area (Å²) in [5, 5.41) is 8.79. The van der Waals surface area contributed by atoms with Crippen molar-refractivity contribution in [2.45, 2.75) is 39.2 Å². The number of nitrogens with zero attached hydrogens (tertiary/aromatic N) is 5. The van der Waals surface area contributed by atoms with Crippen molar-refractivity contribution in [1.82, 2.24) is 24.8 Å². The van der Waals surface area contributed by atoms with E-state index in [-0.39, 0.29) is 11.9 Å². The largest absolute Gasteiger partial charge is 0.356 e. The van der Waals surface area contributed by atoms with E-state index in [2.05, 4.69) is 10.1 Å². The van der Waals surface area contributed by atoms with Crippen LogP contribution in [0.2, 0.25) is 0 Å². The fraction of sp³-hybridized carbons (Fsp3) is 0.400. The number of aryl methyl sites for hydroxylation is 2. The maximum atomic E-state index is 13.1. The summed E-state index contributed by atoms with van der Waals surface area (Å²) < 4.78 is 7.36. The van der Waals surface area contributed by atoms with E-state index < -0.39 is 0 Å². The fourth-order valence-electron chi connectivity index (χ4n) is 3.69. The molecule has 3 aromatic rings. The molecule has 0 spiro atoms. The quantitative estimate of drug-likeness (QED) is 0.710. The summed E-state index contributed by atoms with van der Waals surface area (Å²) in [6, 6.07) is 5.31. The number of hydrogen-bond donors (Lipinski definition) is 0. The van der Waals surface area contributed by atoms with E-state index in [9.17, 15) is 4.79 Å². The summed E-state index contributed by atoms with van der Waals surface area (Å²) >= 11 is 0. The molecule has 0 bridgehead atoms. The van der Waals surface area contributed by atoms with Crippen LogP contribution in [0.15, 0.2) is 35.1 Å². The van der Waals surface area contributed by atoms with Gasteiger partial charge in [0.2, 0.25) is 0 Å². The Balaban J connectivity index is 1.75. The van der Waals surface area contributed by atoms with Crippen LogP contribution < -0.4 is 0 Å². The number of carbonyl (C=O) groups is 1. The molecule has 7 nitrogen and oxygen atoms in total. The molecule has 4 heterocycles. The Bertz CT molecular complexity index is 960. The van der Waals surface area contributed by atoms with Crippen molar-refractivity contribution < 1.29 is 9.32 Å². The highest BCUT2D eigenvalue weighted by molar-refractivity contribution is 5.92. The predicted molar refractivity (Wildman–Crippen MR) is 100 cm³/mol. The summed E-state index contributed by atoms with van der Waals surface area (Å²) in [5.74, 6) is 0.675. The molecule has 0 N–H and O–H groups in total. The molecule has 0 saturated carbocycles. The Morgan fingerprint density at radius 1 is 1.26 bits per heavy atom. The maximum Gasteiger partial charge on any atom is 0.273 e. The number of carbonyl (C=O) groups excluding carboxylic acids is 1. The van der Waals surface area contributed by atoms with Crippen molar-refractivity contribution in [1.29, 1.82) is 0 Å². The normalized spacial score (nSPS) is 17.3. The molecule has 27 heavy (non-hydrogen) atoms. The lowest BCUT2D eigenvalue weighted by atomic mass is 9.95. The molecule has 3 aromatic heterocycles. The Morgan fingerprint density at radius 3 is 2.81 bits per heavy atom. The van der Waals surface area contributed by atoms with Gasteiger partial charge >= 0.3 is 0 Å². The van der Waals surface area contributed by atoms with Gasteiger partial charge in [0.15, 0.2) is 5.76 Å². The number of pyridine rings is 1. The van der Waals surface area contributed by atoms with Crippen LogP contribution in [0.1, 0.15) is 52.7 Å². The molecule has 1 fully saturated rings. The van der Waals surface area contributed by atoms with Crippen LogP contribution in [0, 0.1) is 13.8 Å². The zero-order valence-corrected chi connectivity index (χ0v) is 15.8. The zero-order valence-electron chi connectivity index (χ0n) is 15.8. The molecule has 1 amide bonds. The van der Waals surface area contributed by atoms with Crippen LogP contribution in [-0.4, -0.2) is 37.3 Å². The van der Waals surface area contributed by atoms with Gasteiger partial charge in [-0.15, -0.1) is 0 Å². The molecule has 1 unspecified atom stereocenters. The molecule has 0 aliphatic carbocycles. The number of piperidine rings is 1. The Kier molecular flexibility index (Phi) is 4.51. The number of aromatic nitrogens is 4. The minimum atomic E-state index is -0.103. The van der Waals surface area contributed by atoms with Gasteiger partial charge in [0.25, 0.3) is 5.91 Å². The minimum absolute atomic E-state index is 0.0534. The molecule has 140 valence electrons. The van der Waals surface area contributed by atoms with E-state index in [0.717, 1.165) is 47.5 Å². The van der Waals surface area contributed by atoms with Crippen molar-refractivity contribution in [3.8, 4) is 11.3 Å². The first-order chi connectivity index (χ1) is 13.1. The third kappa shape index (κ3) is 3.13. The SMILES string of the molecule is Cc1noc(-c2cn(C)nc2C2CCCCN2C(=O)c2ccccn2)c1C. The Labute approximate surface area is 158 Å². The van der Waals surface area contributed by atoms with E-state index in [4.69, 9.17) is 9.62 Å². The summed E-state index contributed by atoms with van der Waals surface area (Å²) in [5.41, 5.74) is 4.10. The average Bonchev–Trinajstić information content (AvgIpc) is 3.24. The first kappa shape index (κ1) is 17.5. The summed E-state index contributed by atoms with van der Waals surface area (Å²) in [6.07, 6.45) is 6.51. The van der Waals surface area contributed by atoms with Gasteiger partial charge in [0.05, 0.1) is 23.0 Å². The lowest BCUT2D eigenvalue weighted by molar-refractivity contribution is 0.0599. The van der Waals surface area contributed by atoms with Crippen LogP contribution in [0.4, 0.5) is 0 Å². The standard InChI is InChI=1S/C20H23N5O2/c1-13-14(2)23-27-19(13)15-12-24(3)22-18(15)17-9-5-7-11-25(17)20(26)16-8-4-6-10-21-16/h4,6,8,10,12,17H,5,7,9,11H2,1-3H3. The predicted octanol–water partition coefficient (Wildman–Crippen LogP) is 3.45. The van der Waals surface area contributed by atoms with Gasteiger partial charge in [-0.05, 0) is 45.2 Å². The van der Waals surface area contributed by atoms with Crippen LogP contribution in [0.5, 0.6) is 0 Å². The highest BCUT2D eigenvalue weighted by atomic mass is 16.5. The van der Waals surface area contributed by atoms with E-state index in [1.807, 2.05) is 44.1 Å². The van der Waals surface area contributed by atoms with Crippen molar-refractivity contribution in [2.24, 2.45) is 7.05 Å². The molecule has 1 aliphatic heterocycles. The molecule has 4 rings (SSSR count). The van der Waals surface area contributed by atoms with Crippen LogP contribution in [0.25, 0.3) is 11.3 Å². The topological polar surface area (TPSA) is 77.0 Å². The van der Waals surface area contributed by atoms with Gasteiger partial charge in [-0.3, -0.25) is 14.5 Å². The lowest BCUT2D eigenvalue weighted by Gasteiger charge is -2.35. The molecular weight excluding hydrogens is 342 g/mol. The second-order valence-corrected chi connectivity index (χ2v) is 7.05. The van der Waals surface area contributed by atoms with E-state index in [1.165, 1.54) is 0 Å². The summed E-state index contributed by atoms with van der Waals surface area (Å²) in [7, 11) is 1.89. The highest BCUT2D eigenvalue weighted by Crippen LogP contribution is 2.38. The van der Waals surface area contributed by atoms with Gasteiger partial charge in [0, 0.05) is 31.5 Å². The number of hydrogen-bond acceptors (Lipinski definition) is 5. The van der Waals surface area contributed by atoms with Gasteiger partial charge in [-0.25, -0.2) is 0 Å². The van der Waals surface area contributed by atoms with Crippen molar-refractivity contribution in [2.75, 3.05) is 6.54 Å². The Morgan fingerprint density at radius 2 is 2.11 bits per heavy atom. The molecule has 0 aromatic carbocycles. The molecular formula is C20H23N5O2. The summed E-state index contributed by atoms with van der Waals surface area (Å²) in [4.78, 5) is 19.2. The zero-order chi connectivity index (χ0) is 19.0. The van der Waals surface area contributed by atoms with Gasteiger partial charge in [0.1, 0.15) is 5.69 Å². The third-order valence-electron chi connectivity index (χ3n) is 5.22. The first-order valence-corrected chi connectivity index (χ1v) is 9.25. The number of rotatable bonds is 3. The second-order valence-electron chi connectivity index (χ2n) is 7.05. The van der Waals surface area contributed by atoms with Crippen molar-refractivity contribution in [3.63, 3.8) is 0 Å². The highest BCUT2D eigenvalue weighted by Gasteiger charge is 2.34. The van der Waals surface area contributed by atoms with Gasteiger partial charge < -0.3 is 9.42 Å².